The smallest absolute Gasteiger partial charge is 0.346 e. The van der Waals surface area contributed by atoms with E-state index in [1.807, 2.05) is 12.1 Å². The van der Waals surface area contributed by atoms with Crippen molar-refractivity contribution >= 4 is 16.7 Å². The molecule has 3 N–H and O–H groups in total. The zero-order valence-corrected chi connectivity index (χ0v) is 14.8. The van der Waals surface area contributed by atoms with Crippen molar-refractivity contribution in [3.05, 3.63) is 83.4 Å². The van der Waals surface area contributed by atoms with E-state index in [2.05, 4.69) is 9.97 Å². The lowest BCUT2D eigenvalue weighted by atomic mass is 9.92. The fourth-order valence-corrected chi connectivity index (χ4v) is 4.09. The van der Waals surface area contributed by atoms with Gasteiger partial charge in [-0.3, -0.25) is 5.01 Å². The summed E-state index contributed by atoms with van der Waals surface area (Å²) in [6, 6.07) is 10.6. The van der Waals surface area contributed by atoms with E-state index >= 15 is 0 Å². The van der Waals surface area contributed by atoms with E-state index < -0.39 is 29.2 Å². The number of para-hydroxylation sites is 1. The summed E-state index contributed by atoms with van der Waals surface area (Å²) in [5.74, 6) is 5.41. The molecule has 5 rings (SSSR count). The molecule has 1 aliphatic rings. The molecule has 0 aliphatic carbocycles. The molecule has 4 aromatic rings. The van der Waals surface area contributed by atoms with Gasteiger partial charge in [0.2, 0.25) is 0 Å². The zero-order chi connectivity index (χ0) is 20.3. The Kier molecular flexibility index (Phi) is 3.69. The number of anilines is 1. The van der Waals surface area contributed by atoms with E-state index in [1.54, 1.807) is 30.6 Å². The van der Waals surface area contributed by atoms with Crippen LogP contribution in [-0.2, 0) is 6.18 Å². The summed E-state index contributed by atoms with van der Waals surface area (Å²) >= 11 is 0. The van der Waals surface area contributed by atoms with Gasteiger partial charge in [-0.25, -0.2) is 15.2 Å². The highest BCUT2D eigenvalue weighted by Crippen LogP contribution is 2.48. The van der Waals surface area contributed by atoms with Crippen LogP contribution in [-0.4, -0.2) is 9.97 Å². The molecule has 8 heteroatoms. The number of nitrogens with one attached hydrogen (secondary N) is 1. The summed E-state index contributed by atoms with van der Waals surface area (Å²) in [7, 11) is 0. The highest BCUT2D eigenvalue weighted by Gasteiger charge is 2.41. The number of hydrazine groups is 1. The average Bonchev–Trinajstić information content (AvgIpc) is 3.08. The number of rotatable bonds is 1. The Balaban J connectivity index is 1.91. The van der Waals surface area contributed by atoms with Crippen LogP contribution in [0.1, 0.15) is 22.7 Å². The summed E-state index contributed by atoms with van der Waals surface area (Å²) in [4.78, 5) is 7.25. The van der Waals surface area contributed by atoms with Crippen LogP contribution >= 0.6 is 0 Å². The summed E-state index contributed by atoms with van der Waals surface area (Å²) < 4.78 is 56.2. The van der Waals surface area contributed by atoms with Crippen LogP contribution in [0.25, 0.3) is 22.2 Å². The highest BCUT2D eigenvalue weighted by atomic mass is 19.4. The van der Waals surface area contributed by atoms with Gasteiger partial charge in [0.1, 0.15) is 17.5 Å². The molecule has 0 bridgehead atoms. The molecule has 29 heavy (non-hydrogen) atoms. The first-order valence-corrected chi connectivity index (χ1v) is 8.83. The lowest BCUT2D eigenvalue weighted by Crippen LogP contribution is -2.37. The lowest BCUT2D eigenvalue weighted by Gasteiger charge is -2.31. The molecule has 0 saturated carbocycles. The normalized spacial score (nSPS) is 16.0. The SMILES string of the molecule is NN1c2ccccc2-c2ccnc3[nH]cc(c23)C1c1c(F)cccc1C(F)(F)F. The fourth-order valence-electron chi connectivity index (χ4n) is 4.09. The molecule has 0 amide bonds. The van der Waals surface area contributed by atoms with Gasteiger partial charge in [-0.05, 0) is 29.8 Å². The number of hydrogen-bond acceptors (Lipinski definition) is 3. The minimum absolute atomic E-state index is 0.428. The number of benzene rings is 2. The van der Waals surface area contributed by atoms with E-state index in [0.29, 0.717) is 22.3 Å². The molecule has 0 saturated heterocycles. The molecular formula is C21H14F4N4. The van der Waals surface area contributed by atoms with Crippen molar-refractivity contribution in [1.29, 1.82) is 0 Å². The van der Waals surface area contributed by atoms with Gasteiger partial charge in [0.25, 0.3) is 0 Å². The van der Waals surface area contributed by atoms with Crippen LogP contribution in [0.5, 0.6) is 0 Å². The Bertz CT molecular complexity index is 1250. The number of alkyl halides is 3. The Labute approximate surface area is 162 Å². The van der Waals surface area contributed by atoms with Crippen molar-refractivity contribution in [2.75, 3.05) is 5.01 Å². The maximum Gasteiger partial charge on any atom is 0.416 e. The van der Waals surface area contributed by atoms with E-state index in [9.17, 15) is 17.6 Å². The summed E-state index contributed by atoms with van der Waals surface area (Å²) in [5, 5.41) is 1.82. The summed E-state index contributed by atoms with van der Waals surface area (Å²) in [5.41, 5.74) is 1.35. The molecule has 1 aliphatic heterocycles. The molecular weight excluding hydrogens is 384 g/mol. The molecule has 146 valence electrons. The van der Waals surface area contributed by atoms with E-state index in [4.69, 9.17) is 5.84 Å². The Morgan fingerprint density at radius 3 is 2.59 bits per heavy atom. The number of fused-ring (bicyclic) bond motifs is 2. The number of nitrogens with zero attached hydrogens (tertiary/aromatic N) is 2. The number of H-pyrrole nitrogens is 1. The number of aromatic amines is 1. The third kappa shape index (κ3) is 2.52. The van der Waals surface area contributed by atoms with Gasteiger partial charge < -0.3 is 4.98 Å². The average molecular weight is 398 g/mol. The number of aromatic nitrogens is 2. The quantitative estimate of drug-likeness (QED) is 0.344. The predicted molar refractivity (Wildman–Crippen MR) is 101 cm³/mol. The topological polar surface area (TPSA) is 57.9 Å². The second-order valence-electron chi connectivity index (χ2n) is 6.85. The van der Waals surface area contributed by atoms with Crippen molar-refractivity contribution in [3.63, 3.8) is 0 Å². The lowest BCUT2D eigenvalue weighted by molar-refractivity contribution is -0.138. The first-order chi connectivity index (χ1) is 13.9. The van der Waals surface area contributed by atoms with Crippen molar-refractivity contribution in [1.82, 2.24) is 9.97 Å². The molecule has 3 heterocycles. The number of halogens is 4. The minimum atomic E-state index is -4.74. The van der Waals surface area contributed by atoms with Gasteiger partial charge in [-0.15, -0.1) is 0 Å². The van der Waals surface area contributed by atoms with Crippen LogP contribution in [0.3, 0.4) is 0 Å². The van der Waals surface area contributed by atoms with Gasteiger partial charge in [0, 0.05) is 34.5 Å². The minimum Gasteiger partial charge on any atom is -0.346 e. The van der Waals surface area contributed by atoms with Crippen LogP contribution in [0.4, 0.5) is 23.2 Å². The van der Waals surface area contributed by atoms with E-state index in [0.717, 1.165) is 29.3 Å². The second-order valence-corrected chi connectivity index (χ2v) is 6.85. The van der Waals surface area contributed by atoms with Gasteiger partial charge in [-0.2, -0.15) is 13.2 Å². The molecule has 0 fully saturated rings. The Morgan fingerprint density at radius 1 is 1.00 bits per heavy atom. The number of pyridine rings is 1. The summed E-state index contributed by atoms with van der Waals surface area (Å²) in [6.07, 6.45) is -1.58. The zero-order valence-electron chi connectivity index (χ0n) is 14.8. The molecule has 0 spiro atoms. The predicted octanol–water partition coefficient (Wildman–Crippen LogP) is 5.17. The summed E-state index contributed by atoms with van der Waals surface area (Å²) in [6.45, 7) is 0. The van der Waals surface area contributed by atoms with Gasteiger partial charge >= 0.3 is 6.18 Å². The maximum atomic E-state index is 14.9. The number of hydrogen-bond donors (Lipinski definition) is 2. The molecule has 4 nitrogen and oxygen atoms in total. The standard InChI is InChI=1S/C21H14F4N4/c22-15-6-3-5-14(21(23,24)25)18(15)19-13-10-28-20-17(13)12(8-9-27-20)11-4-1-2-7-16(11)29(19)26/h1-10,19H,26H2,(H,27,28). The fraction of sp³-hybridized carbons (Fsp3) is 0.0952. The molecule has 2 aromatic heterocycles. The largest absolute Gasteiger partial charge is 0.416 e. The van der Waals surface area contributed by atoms with Crippen LogP contribution in [0, 0.1) is 5.82 Å². The highest BCUT2D eigenvalue weighted by molar-refractivity contribution is 6.01. The van der Waals surface area contributed by atoms with Crippen molar-refractivity contribution < 1.29 is 17.6 Å². The van der Waals surface area contributed by atoms with Gasteiger partial charge in [0.15, 0.2) is 0 Å². The third-order valence-corrected chi connectivity index (χ3v) is 5.28. The molecule has 0 radical (unpaired) electrons. The first-order valence-electron chi connectivity index (χ1n) is 8.83. The molecule has 1 unspecified atom stereocenters. The van der Waals surface area contributed by atoms with Gasteiger partial charge in [0.05, 0.1) is 11.3 Å². The maximum absolute atomic E-state index is 14.9. The molecule has 1 atom stereocenters. The monoisotopic (exact) mass is 398 g/mol. The Hall–Kier alpha value is -3.39. The van der Waals surface area contributed by atoms with Crippen molar-refractivity contribution in [2.45, 2.75) is 12.2 Å². The van der Waals surface area contributed by atoms with E-state index in [-0.39, 0.29) is 0 Å². The first kappa shape index (κ1) is 17.7. The van der Waals surface area contributed by atoms with Crippen molar-refractivity contribution in [3.8, 4) is 11.1 Å². The van der Waals surface area contributed by atoms with E-state index in [1.165, 1.54) is 5.01 Å². The van der Waals surface area contributed by atoms with Crippen molar-refractivity contribution in [2.24, 2.45) is 5.84 Å². The third-order valence-electron chi connectivity index (χ3n) is 5.28. The second kappa shape index (κ2) is 6.05. The van der Waals surface area contributed by atoms with Gasteiger partial charge in [-0.1, -0.05) is 24.3 Å². The van der Waals surface area contributed by atoms with Crippen LogP contribution in [0.15, 0.2) is 60.9 Å². The van der Waals surface area contributed by atoms with Crippen LogP contribution < -0.4 is 10.9 Å². The number of nitrogens with two attached hydrogens (primary N) is 1. The Morgan fingerprint density at radius 2 is 1.79 bits per heavy atom. The van der Waals surface area contributed by atoms with Crippen LogP contribution in [0.2, 0.25) is 0 Å². The molecule has 2 aromatic carbocycles.